The maximum absolute atomic E-state index is 10.8. The molecule has 14 heavy (non-hydrogen) atoms. The number of hydrogen-bond donors (Lipinski definition) is 1. The van der Waals surface area contributed by atoms with Crippen molar-refractivity contribution >= 4 is 21.2 Å². The number of nitrogens with zero attached hydrogens (tertiary/aromatic N) is 1. The Labute approximate surface area is 87.5 Å². The molecule has 1 aromatic heterocycles. The molecule has 0 aliphatic heterocycles. The molecule has 1 N–H and O–H groups in total. The van der Waals surface area contributed by atoms with Crippen LogP contribution in [0.15, 0.2) is 5.38 Å². The fourth-order valence-corrected chi connectivity index (χ4v) is 2.44. The molecule has 1 rings (SSSR count). The summed E-state index contributed by atoms with van der Waals surface area (Å²) < 4.78 is 21.7. The molecule has 1 atom stereocenters. The predicted molar refractivity (Wildman–Crippen MR) is 56.1 cm³/mol. The molecule has 0 spiro atoms. The van der Waals surface area contributed by atoms with Gasteiger partial charge in [0.2, 0.25) is 0 Å². The highest BCUT2D eigenvalue weighted by Gasteiger charge is 2.14. The van der Waals surface area contributed by atoms with Gasteiger partial charge in [-0.15, -0.1) is 11.3 Å². The lowest BCUT2D eigenvalue weighted by Crippen LogP contribution is -2.08. The van der Waals surface area contributed by atoms with Crippen LogP contribution in [0.3, 0.4) is 0 Å². The van der Waals surface area contributed by atoms with Gasteiger partial charge in [-0.3, -0.25) is 0 Å². The number of aryl methyl sites for hydroxylation is 1. The van der Waals surface area contributed by atoms with Crippen molar-refractivity contribution in [3.05, 3.63) is 16.1 Å². The molecular formula is C8H13NO3S2. The lowest BCUT2D eigenvalue weighted by atomic mass is 10.3. The van der Waals surface area contributed by atoms with Crippen LogP contribution in [0.25, 0.3) is 0 Å². The molecule has 1 unspecified atom stereocenters. The zero-order valence-corrected chi connectivity index (χ0v) is 9.73. The first-order valence-electron chi connectivity index (χ1n) is 4.16. The number of thiazole rings is 1. The Morgan fingerprint density at radius 3 is 2.71 bits per heavy atom. The van der Waals surface area contributed by atoms with Crippen molar-refractivity contribution in [3.8, 4) is 0 Å². The molecule has 6 heteroatoms. The standard InChI is InChI=1S/C8H13NO3S2/c1-6-5-13-8(9-6)7(10)3-4-14(2,11)12/h5,7,10H,3-4H2,1-2H3. The molecule has 0 amide bonds. The molecule has 0 saturated heterocycles. The molecule has 0 bridgehead atoms. The van der Waals surface area contributed by atoms with E-state index in [-0.39, 0.29) is 12.2 Å². The Bertz CT molecular complexity index is 396. The summed E-state index contributed by atoms with van der Waals surface area (Å²) >= 11 is 1.35. The molecule has 80 valence electrons. The van der Waals surface area contributed by atoms with Crippen LogP contribution >= 0.6 is 11.3 Å². The molecule has 0 radical (unpaired) electrons. The number of aliphatic hydroxyl groups is 1. The summed E-state index contributed by atoms with van der Waals surface area (Å²) in [7, 11) is -3.00. The quantitative estimate of drug-likeness (QED) is 0.842. The van der Waals surface area contributed by atoms with Crippen molar-refractivity contribution in [2.24, 2.45) is 0 Å². The molecule has 0 aliphatic rings. The average molecular weight is 235 g/mol. The molecule has 0 aliphatic carbocycles. The zero-order chi connectivity index (χ0) is 10.8. The monoisotopic (exact) mass is 235 g/mol. The summed E-state index contributed by atoms with van der Waals surface area (Å²) in [4.78, 5) is 4.08. The second-order valence-electron chi connectivity index (χ2n) is 3.26. The minimum Gasteiger partial charge on any atom is -0.386 e. The lowest BCUT2D eigenvalue weighted by Gasteiger charge is -2.05. The molecule has 4 nitrogen and oxygen atoms in total. The van der Waals surface area contributed by atoms with Gasteiger partial charge in [0.05, 0.1) is 5.75 Å². The third-order valence-corrected chi connectivity index (χ3v) is 3.73. The fraction of sp³-hybridized carbons (Fsp3) is 0.625. The Hall–Kier alpha value is -0.460. The largest absolute Gasteiger partial charge is 0.386 e. The summed E-state index contributed by atoms with van der Waals surface area (Å²) in [6.45, 7) is 1.84. The zero-order valence-electron chi connectivity index (χ0n) is 8.10. The van der Waals surface area contributed by atoms with Crippen LogP contribution in [-0.4, -0.2) is 30.5 Å². The number of rotatable bonds is 4. The average Bonchev–Trinajstić information content (AvgIpc) is 2.46. The molecule has 1 aromatic rings. The van der Waals surface area contributed by atoms with E-state index in [1.807, 2.05) is 12.3 Å². The smallest absolute Gasteiger partial charge is 0.147 e. The summed E-state index contributed by atoms with van der Waals surface area (Å²) in [6.07, 6.45) is 0.613. The second kappa shape index (κ2) is 4.37. The first kappa shape index (κ1) is 11.6. The second-order valence-corrected chi connectivity index (χ2v) is 6.41. The van der Waals surface area contributed by atoms with Crippen LogP contribution in [0.5, 0.6) is 0 Å². The minimum absolute atomic E-state index is 0.00715. The van der Waals surface area contributed by atoms with Gasteiger partial charge in [-0.1, -0.05) is 0 Å². The highest BCUT2D eigenvalue weighted by atomic mass is 32.2. The van der Waals surface area contributed by atoms with Crippen molar-refractivity contribution in [1.29, 1.82) is 0 Å². The van der Waals surface area contributed by atoms with Crippen molar-refractivity contribution in [1.82, 2.24) is 4.98 Å². The Balaban J connectivity index is 2.55. The molecular weight excluding hydrogens is 222 g/mol. The highest BCUT2D eigenvalue weighted by Crippen LogP contribution is 2.20. The van der Waals surface area contributed by atoms with Gasteiger partial charge in [0.1, 0.15) is 20.9 Å². The van der Waals surface area contributed by atoms with Gasteiger partial charge in [-0.25, -0.2) is 13.4 Å². The van der Waals surface area contributed by atoms with Gasteiger partial charge in [-0.05, 0) is 13.3 Å². The summed E-state index contributed by atoms with van der Waals surface area (Å²) in [5, 5.41) is 12.0. The van der Waals surface area contributed by atoms with Gasteiger partial charge >= 0.3 is 0 Å². The van der Waals surface area contributed by atoms with Crippen LogP contribution in [0.2, 0.25) is 0 Å². The van der Waals surface area contributed by atoms with Crippen LogP contribution in [0, 0.1) is 6.92 Å². The normalized spacial score (nSPS) is 14.2. The number of sulfone groups is 1. The van der Waals surface area contributed by atoms with E-state index in [4.69, 9.17) is 0 Å². The Kier molecular flexibility index (Phi) is 3.63. The lowest BCUT2D eigenvalue weighted by molar-refractivity contribution is 0.174. The summed E-state index contributed by atoms with van der Waals surface area (Å²) in [6, 6.07) is 0. The van der Waals surface area contributed by atoms with Crippen molar-refractivity contribution in [2.45, 2.75) is 19.4 Å². The van der Waals surface area contributed by atoms with Crippen LogP contribution in [0.1, 0.15) is 23.2 Å². The van der Waals surface area contributed by atoms with Gasteiger partial charge in [0.15, 0.2) is 0 Å². The topological polar surface area (TPSA) is 67.3 Å². The SMILES string of the molecule is Cc1csc(C(O)CCS(C)(=O)=O)n1. The van der Waals surface area contributed by atoms with Crippen LogP contribution in [0.4, 0.5) is 0 Å². The Morgan fingerprint density at radius 1 is 1.64 bits per heavy atom. The first-order valence-corrected chi connectivity index (χ1v) is 7.10. The summed E-state index contributed by atoms with van der Waals surface area (Å²) in [5.41, 5.74) is 0.850. The fourth-order valence-electron chi connectivity index (χ4n) is 0.974. The van der Waals surface area contributed by atoms with Crippen molar-refractivity contribution in [3.63, 3.8) is 0 Å². The van der Waals surface area contributed by atoms with Gasteiger partial charge in [0, 0.05) is 17.3 Å². The third-order valence-electron chi connectivity index (χ3n) is 1.68. The first-order chi connectivity index (χ1) is 6.38. The number of hydrogen-bond acceptors (Lipinski definition) is 5. The van der Waals surface area contributed by atoms with Crippen LogP contribution < -0.4 is 0 Å². The van der Waals surface area contributed by atoms with E-state index in [1.54, 1.807) is 0 Å². The Morgan fingerprint density at radius 2 is 2.29 bits per heavy atom. The maximum atomic E-state index is 10.8. The van der Waals surface area contributed by atoms with Crippen molar-refractivity contribution < 1.29 is 13.5 Å². The maximum Gasteiger partial charge on any atom is 0.147 e. The summed E-state index contributed by atoms with van der Waals surface area (Å²) in [5.74, 6) is -0.00715. The van der Waals surface area contributed by atoms with Gasteiger partial charge < -0.3 is 5.11 Å². The van der Waals surface area contributed by atoms with E-state index < -0.39 is 15.9 Å². The number of aliphatic hydroxyl groups excluding tert-OH is 1. The minimum atomic E-state index is -3.00. The number of aromatic nitrogens is 1. The van der Waals surface area contributed by atoms with Gasteiger partial charge in [0.25, 0.3) is 0 Å². The van der Waals surface area contributed by atoms with E-state index in [1.165, 1.54) is 11.3 Å². The van der Waals surface area contributed by atoms with E-state index in [2.05, 4.69) is 4.98 Å². The van der Waals surface area contributed by atoms with E-state index >= 15 is 0 Å². The molecule has 0 aromatic carbocycles. The highest BCUT2D eigenvalue weighted by molar-refractivity contribution is 7.90. The van der Waals surface area contributed by atoms with Crippen LogP contribution in [-0.2, 0) is 9.84 Å². The van der Waals surface area contributed by atoms with Gasteiger partial charge in [-0.2, -0.15) is 0 Å². The molecule has 0 saturated carbocycles. The third kappa shape index (κ3) is 3.73. The predicted octanol–water partition coefficient (Wildman–Crippen LogP) is 0.920. The van der Waals surface area contributed by atoms with Crippen molar-refractivity contribution in [2.75, 3.05) is 12.0 Å². The van der Waals surface area contributed by atoms with E-state index in [0.29, 0.717) is 5.01 Å². The van der Waals surface area contributed by atoms with E-state index in [0.717, 1.165) is 11.9 Å². The molecule has 1 heterocycles. The van der Waals surface area contributed by atoms with E-state index in [9.17, 15) is 13.5 Å². The molecule has 0 fully saturated rings.